The second-order valence-electron chi connectivity index (χ2n) is 2.55. The van der Waals surface area contributed by atoms with E-state index in [-0.39, 0.29) is 5.76 Å². The molecule has 2 aromatic rings. The first-order chi connectivity index (χ1) is 6.66. The molecule has 0 saturated heterocycles. The largest absolute Gasteiger partial charge is 0.475 e. The fourth-order valence-corrected chi connectivity index (χ4v) is 1.12. The van der Waals surface area contributed by atoms with E-state index in [1.165, 1.54) is 29.2 Å². The van der Waals surface area contributed by atoms with Crippen LogP contribution in [0.1, 0.15) is 10.6 Å². The normalized spacial score (nSPS) is 10.4. The summed E-state index contributed by atoms with van der Waals surface area (Å²) in [5, 5.41) is 12.9. The van der Waals surface area contributed by atoms with Gasteiger partial charge in [0, 0.05) is 6.07 Å². The summed E-state index contributed by atoms with van der Waals surface area (Å²) in [6.07, 6.45) is 2.95. The summed E-state index contributed by atoms with van der Waals surface area (Å²) >= 11 is 5.64. The second kappa shape index (κ2) is 3.19. The van der Waals surface area contributed by atoms with Gasteiger partial charge in [-0.05, 0) is 6.07 Å². The van der Waals surface area contributed by atoms with E-state index in [2.05, 4.69) is 5.10 Å². The van der Waals surface area contributed by atoms with Gasteiger partial charge in [-0.2, -0.15) is 5.10 Å². The number of carbonyl (C=O) groups is 1. The number of hydrogen-bond donors (Lipinski definition) is 1. The van der Waals surface area contributed by atoms with Gasteiger partial charge in [0.05, 0.1) is 17.4 Å². The van der Waals surface area contributed by atoms with Crippen LogP contribution in [0.25, 0.3) is 5.88 Å². The predicted octanol–water partition coefficient (Wildman–Crippen LogP) is 1.82. The van der Waals surface area contributed by atoms with Crippen LogP contribution in [0.5, 0.6) is 0 Å². The van der Waals surface area contributed by atoms with E-state index in [9.17, 15) is 4.79 Å². The summed E-state index contributed by atoms with van der Waals surface area (Å²) in [6.45, 7) is 0. The van der Waals surface area contributed by atoms with E-state index in [1.807, 2.05) is 0 Å². The number of furan rings is 1. The molecule has 0 atom stereocenters. The van der Waals surface area contributed by atoms with Gasteiger partial charge in [0.25, 0.3) is 0 Å². The van der Waals surface area contributed by atoms with Crippen molar-refractivity contribution < 1.29 is 14.3 Å². The van der Waals surface area contributed by atoms with E-state index < -0.39 is 5.97 Å². The van der Waals surface area contributed by atoms with Crippen LogP contribution in [0.4, 0.5) is 0 Å². The van der Waals surface area contributed by atoms with Gasteiger partial charge in [-0.1, -0.05) is 11.6 Å². The standard InChI is InChI=1S/C8H5ClN2O3/c9-5-3-10-11(4-5)7-2-1-6(14-7)8(12)13/h1-4H,(H,12,13). The molecule has 0 fully saturated rings. The van der Waals surface area contributed by atoms with Crippen LogP contribution in [0, 0.1) is 0 Å². The van der Waals surface area contributed by atoms with Gasteiger partial charge in [0.1, 0.15) is 0 Å². The van der Waals surface area contributed by atoms with Gasteiger partial charge >= 0.3 is 5.97 Å². The summed E-state index contributed by atoms with van der Waals surface area (Å²) in [4.78, 5) is 10.5. The van der Waals surface area contributed by atoms with E-state index in [0.29, 0.717) is 10.9 Å². The predicted molar refractivity (Wildman–Crippen MR) is 47.8 cm³/mol. The molecule has 0 amide bonds. The Kier molecular flexibility index (Phi) is 2.01. The highest BCUT2D eigenvalue weighted by molar-refractivity contribution is 6.30. The lowest BCUT2D eigenvalue weighted by atomic mass is 10.5. The monoisotopic (exact) mass is 212 g/mol. The molecular formula is C8H5ClN2O3. The highest BCUT2D eigenvalue weighted by Crippen LogP contribution is 2.14. The number of rotatable bonds is 2. The molecule has 14 heavy (non-hydrogen) atoms. The zero-order valence-corrected chi connectivity index (χ0v) is 7.60. The number of aromatic carboxylic acids is 1. The van der Waals surface area contributed by atoms with Crippen molar-refractivity contribution in [2.24, 2.45) is 0 Å². The van der Waals surface area contributed by atoms with Gasteiger partial charge < -0.3 is 9.52 Å². The fraction of sp³-hybridized carbons (Fsp3) is 0. The van der Waals surface area contributed by atoms with Gasteiger partial charge in [-0.3, -0.25) is 0 Å². The topological polar surface area (TPSA) is 68.3 Å². The van der Waals surface area contributed by atoms with Crippen LogP contribution in [-0.2, 0) is 0 Å². The minimum Gasteiger partial charge on any atom is -0.475 e. The first-order valence-corrected chi connectivity index (χ1v) is 4.08. The number of nitrogens with zero attached hydrogens (tertiary/aromatic N) is 2. The fourth-order valence-electron chi connectivity index (χ4n) is 0.987. The third-order valence-corrected chi connectivity index (χ3v) is 1.77. The minimum atomic E-state index is -1.12. The Morgan fingerprint density at radius 2 is 2.36 bits per heavy atom. The first-order valence-electron chi connectivity index (χ1n) is 3.70. The van der Waals surface area contributed by atoms with E-state index in [0.717, 1.165) is 0 Å². The van der Waals surface area contributed by atoms with Crippen molar-refractivity contribution in [1.29, 1.82) is 0 Å². The molecule has 2 heterocycles. The highest BCUT2D eigenvalue weighted by Gasteiger charge is 2.10. The molecular weight excluding hydrogens is 208 g/mol. The maximum atomic E-state index is 10.5. The van der Waals surface area contributed by atoms with Crippen LogP contribution < -0.4 is 0 Å². The second-order valence-corrected chi connectivity index (χ2v) is 2.98. The Morgan fingerprint density at radius 1 is 1.57 bits per heavy atom. The molecule has 0 spiro atoms. The molecule has 5 nitrogen and oxygen atoms in total. The molecule has 0 unspecified atom stereocenters. The molecule has 0 aliphatic carbocycles. The number of carboxylic acids is 1. The summed E-state index contributed by atoms with van der Waals surface area (Å²) in [6, 6.07) is 2.86. The molecule has 0 bridgehead atoms. The summed E-state index contributed by atoms with van der Waals surface area (Å²) < 4.78 is 6.34. The average Bonchev–Trinajstić information content (AvgIpc) is 2.70. The van der Waals surface area contributed by atoms with Gasteiger partial charge in [-0.25, -0.2) is 9.48 Å². The molecule has 0 aromatic carbocycles. The SMILES string of the molecule is O=C(O)c1ccc(-n2cc(Cl)cn2)o1. The van der Waals surface area contributed by atoms with Crippen LogP contribution in [0.15, 0.2) is 28.9 Å². The number of hydrogen-bond acceptors (Lipinski definition) is 3. The zero-order chi connectivity index (χ0) is 10.1. The molecule has 0 aliphatic heterocycles. The Morgan fingerprint density at radius 3 is 2.86 bits per heavy atom. The van der Waals surface area contributed by atoms with Crippen molar-refractivity contribution >= 4 is 17.6 Å². The van der Waals surface area contributed by atoms with Crippen LogP contribution in [0.3, 0.4) is 0 Å². The van der Waals surface area contributed by atoms with Crippen molar-refractivity contribution in [1.82, 2.24) is 9.78 Å². The minimum absolute atomic E-state index is 0.133. The third kappa shape index (κ3) is 1.49. The van der Waals surface area contributed by atoms with Crippen LogP contribution in [0.2, 0.25) is 5.02 Å². The maximum absolute atomic E-state index is 10.5. The molecule has 0 radical (unpaired) electrons. The number of halogens is 1. The van der Waals surface area contributed by atoms with E-state index in [4.69, 9.17) is 21.1 Å². The van der Waals surface area contributed by atoms with Crippen molar-refractivity contribution in [3.63, 3.8) is 0 Å². The quantitative estimate of drug-likeness (QED) is 0.825. The molecule has 0 aliphatic rings. The summed E-state index contributed by atoms with van der Waals surface area (Å²) in [7, 11) is 0. The lowest BCUT2D eigenvalue weighted by molar-refractivity contribution is 0.0662. The van der Waals surface area contributed by atoms with Crippen molar-refractivity contribution in [2.45, 2.75) is 0 Å². The number of carboxylic acid groups (broad SMARTS) is 1. The Hall–Kier alpha value is -1.75. The third-order valence-electron chi connectivity index (χ3n) is 1.58. The molecule has 72 valence electrons. The van der Waals surface area contributed by atoms with Crippen LogP contribution >= 0.6 is 11.6 Å². The molecule has 1 N–H and O–H groups in total. The van der Waals surface area contributed by atoms with E-state index in [1.54, 1.807) is 0 Å². The lowest BCUT2D eigenvalue weighted by Crippen LogP contribution is -1.94. The first kappa shape index (κ1) is 8.83. The lowest BCUT2D eigenvalue weighted by Gasteiger charge is -1.92. The van der Waals surface area contributed by atoms with Gasteiger partial charge in [0.15, 0.2) is 0 Å². The summed E-state index contributed by atoms with van der Waals surface area (Å²) in [5.41, 5.74) is 0. The van der Waals surface area contributed by atoms with Gasteiger partial charge in [-0.15, -0.1) is 0 Å². The maximum Gasteiger partial charge on any atom is 0.371 e. The molecule has 2 rings (SSSR count). The summed E-state index contributed by atoms with van der Waals surface area (Å²) in [5.74, 6) is -0.935. The smallest absolute Gasteiger partial charge is 0.371 e. The molecule has 2 aromatic heterocycles. The Balaban J connectivity index is 2.38. The number of aromatic nitrogens is 2. The van der Waals surface area contributed by atoms with Crippen molar-refractivity contribution in [3.05, 3.63) is 35.3 Å². The van der Waals surface area contributed by atoms with Crippen LogP contribution in [-0.4, -0.2) is 20.9 Å². The van der Waals surface area contributed by atoms with Crippen molar-refractivity contribution in [2.75, 3.05) is 0 Å². The Labute approximate surface area is 83.5 Å². The van der Waals surface area contributed by atoms with E-state index >= 15 is 0 Å². The molecule has 6 heteroatoms. The molecule has 0 saturated carbocycles. The highest BCUT2D eigenvalue weighted by atomic mass is 35.5. The average molecular weight is 213 g/mol. The van der Waals surface area contributed by atoms with Gasteiger partial charge in [0.2, 0.25) is 11.6 Å². The zero-order valence-electron chi connectivity index (χ0n) is 6.85. The Bertz CT molecular complexity index is 474. The van der Waals surface area contributed by atoms with Crippen molar-refractivity contribution in [3.8, 4) is 5.88 Å².